The zero-order chi connectivity index (χ0) is 8.55. The van der Waals surface area contributed by atoms with Crippen LogP contribution in [-0.2, 0) is 7.05 Å². The largest absolute Gasteiger partial charge is 0.443 e. The molecule has 4 heteroatoms. The van der Waals surface area contributed by atoms with Crippen molar-refractivity contribution in [3.63, 3.8) is 0 Å². The molecule has 0 bridgehead atoms. The van der Waals surface area contributed by atoms with Crippen LogP contribution in [0.5, 0.6) is 0 Å². The van der Waals surface area contributed by atoms with E-state index in [4.69, 9.17) is 16.0 Å². The van der Waals surface area contributed by atoms with Crippen molar-refractivity contribution in [2.45, 2.75) is 0 Å². The van der Waals surface area contributed by atoms with Crippen LogP contribution in [0, 0.1) is 0 Å². The monoisotopic (exact) mass is 182 g/mol. The minimum atomic E-state index is 0.385. The SMILES string of the molecule is Cn1ccc(-c2ccc(Cl)o2)n1. The summed E-state index contributed by atoms with van der Waals surface area (Å²) in [7, 11) is 1.86. The van der Waals surface area contributed by atoms with Gasteiger partial charge in [-0.15, -0.1) is 0 Å². The van der Waals surface area contributed by atoms with E-state index < -0.39 is 0 Å². The second-order valence-corrected chi connectivity index (χ2v) is 2.85. The van der Waals surface area contributed by atoms with Crippen molar-refractivity contribution in [2.24, 2.45) is 7.05 Å². The van der Waals surface area contributed by atoms with Gasteiger partial charge in [-0.1, -0.05) is 0 Å². The predicted molar refractivity (Wildman–Crippen MR) is 45.9 cm³/mol. The summed E-state index contributed by atoms with van der Waals surface area (Å²) in [6, 6.07) is 5.37. The molecule has 62 valence electrons. The Morgan fingerprint density at radius 2 is 2.25 bits per heavy atom. The molecule has 2 rings (SSSR count). The number of aryl methyl sites for hydroxylation is 1. The minimum absolute atomic E-state index is 0.385. The molecular weight excluding hydrogens is 176 g/mol. The van der Waals surface area contributed by atoms with Gasteiger partial charge in [0.05, 0.1) is 0 Å². The third-order valence-corrected chi connectivity index (χ3v) is 1.74. The highest BCUT2D eigenvalue weighted by atomic mass is 35.5. The van der Waals surface area contributed by atoms with E-state index in [1.807, 2.05) is 19.3 Å². The molecule has 0 aliphatic carbocycles. The number of nitrogens with zero attached hydrogens (tertiary/aromatic N) is 2. The zero-order valence-electron chi connectivity index (χ0n) is 6.49. The van der Waals surface area contributed by atoms with Crippen LogP contribution in [0.1, 0.15) is 0 Å². The molecule has 2 aromatic heterocycles. The van der Waals surface area contributed by atoms with E-state index in [0.717, 1.165) is 5.69 Å². The Kier molecular flexibility index (Phi) is 1.66. The Bertz CT molecular complexity index is 353. The summed E-state index contributed by atoms with van der Waals surface area (Å²) >= 11 is 5.62. The number of aromatic nitrogens is 2. The van der Waals surface area contributed by atoms with Gasteiger partial charge in [0.25, 0.3) is 0 Å². The highest BCUT2D eigenvalue weighted by molar-refractivity contribution is 6.28. The highest BCUT2D eigenvalue weighted by Crippen LogP contribution is 2.22. The van der Waals surface area contributed by atoms with Gasteiger partial charge >= 0.3 is 0 Å². The summed E-state index contributed by atoms with van der Waals surface area (Å²) in [6.45, 7) is 0. The van der Waals surface area contributed by atoms with Crippen molar-refractivity contribution in [2.75, 3.05) is 0 Å². The fourth-order valence-corrected chi connectivity index (χ4v) is 1.14. The van der Waals surface area contributed by atoms with E-state index in [2.05, 4.69) is 5.10 Å². The molecule has 0 aliphatic rings. The zero-order valence-corrected chi connectivity index (χ0v) is 7.25. The molecule has 0 spiro atoms. The van der Waals surface area contributed by atoms with E-state index >= 15 is 0 Å². The Morgan fingerprint density at radius 3 is 2.75 bits per heavy atom. The second kappa shape index (κ2) is 2.68. The number of rotatable bonds is 1. The van der Waals surface area contributed by atoms with Gasteiger partial charge in [0.15, 0.2) is 11.0 Å². The van der Waals surface area contributed by atoms with Crippen molar-refractivity contribution in [3.8, 4) is 11.5 Å². The van der Waals surface area contributed by atoms with Gasteiger partial charge in [-0.2, -0.15) is 5.10 Å². The van der Waals surface area contributed by atoms with Crippen molar-refractivity contribution in [1.82, 2.24) is 9.78 Å². The second-order valence-electron chi connectivity index (χ2n) is 2.48. The predicted octanol–water partition coefficient (Wildman–Crippen LogP) is 2.33. The lowest BCUT2D eigenvalue weighted by Crippen LogP contribution is -1.86. The van der Waals surface area contributed by atoms with Crippen molar-refractivity contribution in [3.05, 3.63) is 29.6 Å². The first-order valence-corrected chi connectivity index (χ1v) is 3.89. The van der Waals surface area contributed by atoms with Gasteiger partial charge in [0, 0.05) is 13.2 Å². The van der Waals surface area contributed by atoms with Crippen molar-refractivity contribution >= 4 is 11.6 Å². The highest BCUT2D eigenvalue weighted by Gasteiger charge is 2.04. The normalized spacial score (nSPS) is 10.5. The molecular formula is C8H7ClN2O. The molecule has 0 fully saturated rings. The van der Waals surface area contributed by atoms with Crippen LogP contribution in [0.4, 0.5) is 0 Å². The maximum Gasteiger partial charge on any atom is 0.194 e. The Labute approximate surface area is 74.6 Å². The molecule has 2 aromatic rings. The van der Waals surface area contributed by atoms with E-state index in [1.165, 1.54) is 0 Å². The molecule has 0 unspecified atom stereocenters. The van der Waals surface area contributed by atoms with E-state index in [-0.39, 0.29) is 0 Å². The van der Waals surface area contributed by atoms with Crippen LogP contribution < -0.4 is 0 Å². The summed E-state index contributed by atoms with van der Waals surface area (Å²) in [6.07, 6.45) is 1.85. The molecule has 0 saturated heterocycles. The van der Waals surface area contributed by atoms with Crippen LogP contribution >= 0.6 is 11.6 Å². The van der Waals surface area contributed by atoms with Crippen LogP contribution in [-0.4, -0.2) is 9.78 Å². The summed E-state index contributed by atoms with van der Waals surface area (Å²) in [5, 5.41) is 4.54. The summed E-state index contributed by atoms with van der Waals surface area (Å²) in [5.41, 5.74) is 0.796. The quantitative estimate of drug-likeness (QED) is 0.678. The minimum Gasteiger partial charge on any atom is -0.443 e. The fraction of sp³-hybridized carbons (Fsp3) is 0.125. The summed E-state index contributed by atoms with van der Waals surface area (Å²) < 4.78 is 6.89. The Morgan fingerprint density at radius 1 is 1.42 bits per heavy atom. The van der Waals surface area contributed by atoms with E-state index in [1.54, 1.807) is 16.8 Å². The molecule has 0 aliphatic heterocycles. The van der Waals surface area contributed by atoms with Gasteiger partial charge in [-0.25, -0.2) is 0 Å². The van der Waals surface area contributed by atoms with E-state index in [0.29, 0.717) is 11.0 Å². The molecule has 0 saturated carbocycles. The topological polar surface area (TPSA) is 31.0 Å². The first-order chi connectivity index (χ1) is 5.75. The van der Waals surface area contributed by atoms with Gasteiger partial charge in [0.1, 0.15) is 5.69 Å². The standard InChI is InChI=1S/C8H7ClN2O/c1-11-5-4-6(10-11)7-2-3-8(9)12-7/h2-5H,1H3. The molecule has 0 atom stereocenters. The molecule has 0 radical (unpaired) electrons. The fourth-order valence-electron chi connectivity index (χ4n) is 0.998. The number of furan rings is 1. The number of hydrogen-bond donors (Lipinski definition) is 0. The molecule has 12 heavy (non-hydrogen) atoms. The lowest BCUT2D eigenvalue weighted by Gasteiger charge is -1.87. The van der Waals surface area contributed by atoms with Gasteiger partial charge in [-0.3, -0.25) is 4.68 Å². The Balaban J connectivity index is 2.43. The lowest BCUT2D eigenvalue weighted by atomic mass is 10.3. The summed E-state index contributed by atoms with van der Waals surface area (Å²) in [4.78, 5) is 0. The van der Waals surface area contributed by atoms with Crippen LogP contribution in [0.2, 0.25) is 5.22 Å². The average molecular weight is 183 g/mol. The smallest absolute Gasteiger partial charge is 0.194 e. The van der Waals surface area contributed by atoms with Crippen molar-refractivity contribution < 1.29 is 4.42 Å². The van der Waals surface area contributed by atoms with E-state index in [9.17, 15) is 0 Å². The molecule has 0 aromatic carbocycles. The average Bonchev–Trinajstić information content (AvgIpc) is 2.58. The molecule has 3 nitrogen and oxygen atoms in total. The maximum atomic E-state index is 5.62. The maximum absolute atomic E-state index is 5.62. The van der Waals surface area contributed by atoms with Gasteiger partial charge in [0.2, 0.25) is 0 Å². The van der Waals surface area contributed by atoms with Crippen LogP contribution in [0.15, 0.2) is 28.8 Å². The van der Waals surface area contributed by atoms with Gasteiger partial charge < -0.3 is 4.42 Å². The van der Waals surface area contributed by atoms with Gasteiger partial charge in [-0.05, 0) is 29.8 Å². The number of halogens is 1. The van der Waals surface area contributed by atoms with Crippen LogP contribution in [0.3, 0.4) is 0 Å². The Hall–Kier alpha value is -1.22. The van der Waals surface area contributed by atoms with Crippen LogP contribution in [0.25, 0.3) is 11.5 Å². The van der Waals surface area contributed by atoms with Crippen molar-refractivity contribution in [1.29, 1.82) is 0 Å². The first-order valence-electron chi connectivity index (χ1n) is 3.51. The molecule has 2 heterocycles. The summed E-state index contributed by atoms with van der Waals surface area (Å²) in [5.74, 6) is 0.695. The number of hydrogen-bond acceptors (Lipinski definition) is 2. The third kappa shape index (κ3) is 1.23. The molecule has 0 amide bonds. The molecule has 0 N–H and O–H groups in total. The first kappa shape index (κ1) is 7.43. The lowest BCUT2D eigenvalue weighted by molar-refractivity contribution is 0.580. The third-order valence-electron chi connectivity index (χ3n) is 1.54.